The third kappa shape index (κ3) is 7.33. The van der Waals surface area contributed by atoms with E-state index < -0.39 is 0 Å². The molecule has 0 radical (unpaired) electrons. The molecule has 0 unspecified atom stereocenters. The van der Waals surface area contributed by atoms with E-state index in [1.54, 1.807) is 0 Å². The molecule has 4 heteroatoms. The highest BCUT2D eigenvalue weighted by molar-refractivity contribution is 5.97. The molecule has 222 valence electrons. The van der Waals surface area contributed by atoms with Crippen LogP contribution in [0.25, 0.3) is 0 Å². The number of nitrogens with zero attached hydrogens (tertiary/aromatic N) is 3. The topological polar surface area (TPSA) is 26.8 Å². The maximum atomic E-state index is 14.1. The largest absolute Gasteiger partial charge is 0.369 e. The van der Waals surface area contributed by atoms with Crippen LogP contribution in [0.2, 0.25) is 0 Å². The number of piperazine rings is 1. The third-order valence-electron chi connectivity index (χ3n) is 9.37. The van der Waals surface area contributed by atoms with E-state index in [2.05, 4.69) is 114 Å². The lowest BCUT2D eigenvalue weighted by Crippen LogP contribution is -2.47. The summed E-state index contributed by atoms with van der Waals surface area (Å²) in [5, 5.41) is 0. The first kappa shape index (κ1) is 30.1. The van der Waals surface area contributed by atoms with E-state index in [-0.39, 0.29) is 5.91 Å². The van der Waals surface area contributed by atoms with Crippen molar-refractivity contribution in [3.8, 4) is 0 Å². The molecule has 4 nitrogen and oxygen atoms in total. The Hall–Kier alpha value is -3.37. The second kappa shape index (κ2) is 14.7. The lowest BCUT2D eigenvalue weighted by atomic mass is 9.88. The number of benzene rings is 3. The van der Waals surface area contributed by atoms with Crippen molar-refractivity contribution in [1.29, 1.82) is 0 Å². The van der Waals surface area contributed by atoms with Gasteiger partial charge in [0.1, 0.15) is 0 Å². The van der Waals surface area contributed by atoms with Crippen LogP contribution in [0.3, 0.4) is 0 Å². The van der Waals surface area contributed by atoms with Crippen molar-refractivity contribution in [1.82, 2.24) is 9.80 Å². The van der Waals surface area contributed by atoms with Gasteiger partial charge in [-0.1, -0.05) is 106 Å². The summed E-state index contributed by atoms with van der Waals surface area (Å²) in [6.07, 6.45) is 8.92. The molecule has 0 aromatic heterocycles. The molecular weight excluding hydrogens is 514 g/mol. The number of carbonyl (C=O) groups excluding carboxylic acids is 1. The summed E-state index contributed by atoms with van der Waals surface area (Å²) in [4.78, 5) is 21.3. The van der Waals surface area contributed by atoms with E-state index in [0.717, 1.165) is 63.1 Å². The number of hydrogen-bond donors (Lipinski definition) is 0. The summed E-state index contributed by atoms with van der Waals surface area (Å²) in [7, 11) is 0. The molecule has 3 aromatic carbocycles. The van der Waals surface area contributed by atoms with Crippen LogP contribution in [0.4, 0.5) is 5.69 Å². The predicted molar refractivity (Wildman–Crippen MR) is 177 cm³/mol. The normalized spacial score (nSPS) is 16.6. The molecule has 5 rings (SSSR count). The van der Waals surface area contributed by atoms with E-state index in [1.807, 2.05) is 6.08 Å². The first-order valence-corrected chi connectivity index (χ1v) is 16.2. The molecule has 1 saturated heterocycles. The Morgan fingerprint density at radius 2 is 1.50 bits per heavy atom. The van der Waals surface area contributed by atoms with Crippen LogP contribution in [0.5, 0.6) is 0 Å². The molecule has 1 heterocycles. The molecule has 1 saturated carbocycles. The van der Waals surface area contributed by atoms with Gasteiger partial charge < -0.3 is 9.80 Å². The number of amides is 1. The SMILES string of the molecule is C=CCN(C(=O)c1cc(N2CCN(CCC(c3ccccc3)c3ccccc3)CC2)ccc1C(C)C)C1CCCCC1. The van der Waals surface area contributed by atoms with Gasteiger partial charge in [0.15, 0.2) is 0 Å². The average molecular weight is 564 g/mol. The lowest BCUT2D eigenvalue weighted by molar-refractivity contribution is 0.0661. The van der Waals surface area contributed by atoms with Gasteiger partial charge in [-0.05, 0) is 60.5 Å². The summed E-state index contributed by atoms with van der Waals surface area (Å²) < 4.78 is 0. The van der Waals surface area contributed by atoms with Gasteiger partial charge in [0.05, 0.1) is 0 Å². The molecule has 2 aliphatic rings. The molecule has 0 bridgehead atoms. The van der Waals surface area contributed by atoms with Crippen molar-refractivity contribution < 1.29 is 4.79 Å². The monoisotopic (exact) mass is 563 g/mol. The lowest BCUT2D eigenvalue weighted by Gasteiger charge is -2.37. The van der Waals surface area contributed by atoms with Crippen LogP contribution in [0.15, 0.2) is 91.5 Å². The first-order chi connectivity index (χ1) is 20.5. The van der Waals surface area contributed by atoms with E-state index in [1.165, 1.54) is 36.1 Å². The van der Waals surface area contributed by atoms with Crippen LogP contribution in [-0.4, -0.2) is 61.0 Å². The second-order valence-corrected chi connectivity index (χ2v) is 12.5. The fourth-order valence-corrected chi connectivity index (χ4v) is 6.95. The summed E-state index contributed by atoms with van der Waals surface area (Å²) in [6.45, 7) is 14.1. The van der Waals surface area contributed by atoms with Crippen molar-refractivity contribution in [2.24, 2.45) is 0 Å². The van der Waals surface area contributed by atoms with Crippen LogP contribution in [0.1, 0.15) is 91.3 Å². The van der Waals surface area contributed by atoms with Gasteiger partial charge in [0.25, 0.3) is 5.91 Å². The van der Waals surface area contributed by atoms with Gasteiger partial charge in [-0.2, -0.15) is 0 Å². The zero-order chi connectivity index (χ0) is 29.3. The first-order valence-electron chi connectivity index (χ1n) is 16.2. The molecule has 1 amide bonds. The molecule has 3 aromatic rings. The fraction of sp³-hybridized carbons (Fsp3) is 0.447. The van der Waals surface area contributed by atoms with E-state index in [4.69, 9.17) is 0 Å². The third-order valence-corrected chi connectivity index (χ3v) is 9.37. The standard InChI is InChI=1S/C38H49N3O/c1-4-23-41(33-18-12-7-13-19-33)38(42)37-29-34(20-21-35(37)30(2)3)40-27-25-39(26-28-40)24-22-36(31-14-8-5-9-15-31)32-16-10-6-11-17-32/h4-6,8-11,14-17,20-21,29-30,33,36H,1,7,12-13,18-19,22-28H2,2-3H3. The van der Waals surface area contributed by atoms with Crippen LogP contribution in [0, 0.1) is 0 Å². The van der Waals surface area contributed by atoms with Gasteiger partial charge in [-0.25, -0.2) is 0 Å². The molecule has 1 aliphatic heterocycles. The van der Waals surface area contributed by atoms with E-state index >= 15 is 0 Å². The highest BCUT2D eigenvalue weighted by atomic mass is 16.2. The zero-order valence-corrected chi connectivity index (χ0v) is 25.8. The molecule has 2 fully saturated rings. The van der Waals surface area contributed by atoms with Gasteiger partial charge in [0, 0.05) is 55.9 Å². The van der Waals surface area contributed by atoms with Crippen LogP contribution >= 0.6 is 0 Å². The minimum atomic E-state index is 0.179. The van der Waals surface area contributed by atoms with Gasteiger partial charge in [0.2, 0.25) is 0 Å². The Kier molecular flexibility index (Phi) is 10.5. The van der Waals surface area contributed by atoms with Crippen molar-refractivity contribution in [3.63, 3.8) is 0 Å². The minimum absolute atomic E-state index is 0.179. The highest BCUT2D eigenvalue weighted by Gasteiger charge is 2.28. The van der Waals surface area contributed by atoms with Crippen molar-refractivity contribution in [2.75, 3.05) is 44.2 Å². The zero-order valence-electron chi connectivity index (χ0n) is 25.8. The summed E-state index contributed by atoms with van der Waals surface area (Å²) in [6, 6.07) is 28.8. The fourth-order valence-electron chi connectivity index (χ4n) is 6.95. The van der Waals surface area contributed by atoms with Crippen LogP contribution in [-0.2, 0) is 0 Å². The Morgan fingerprint density at radius 3 is 2.07 bits per heavy atom. The van der Waals surface area contributed by atoms with Crippen molar-refractivity contribution >= 4 is 11.6 Å². The molecule has 0 spiro atoms. The van der Waals surface area contributed by atoms with Crippen LogP contribution < -0.4 is 4.90 Å². The average Bonchev–Trinajstić information content (AvgIpc) is 3.05. The Morgan fingerprint density at radius 1 is 0.881 bits per heavy atom. The maximum absolute atomic E-state index is 14.1. The molecule has 42 heavy (non-hydrogen) atoms. The van der Waals surface area contributed by atoms with Crippen molar-refractivity contribution in [3.05, 3.63) is 114 Å². The summed E-state index contributed by atoms with van der Waals surface area (Å²) in [5.41, 5.74) is 5.99. The number of hydrogen-bond acceptors (Lipinski definition) is 3. The molecule has 0 N–H and O–H groups in total. The summed E-state index contributed by atoms with van der Waals surface area (Å²) >= 11 is 0. The van der Waals surface area contributed by atoms with E-state index in [0.29, 0.717) is 24.4 Å². The second-order valence-electron chi connectivity index (χ2n) is 12.5. The minimum Gasteiger partial charge on any atom is -0.369 e. The van der Waals surface area contributed by atoms with Gasteiger partial charge >= 0.3 is 0 Å². The van der Waals surface area contributed by atoms with Gasteiger partial charge in [-0.15, -0.1) is 6.58 Å². The molecule has 0 atom stereocenters. The Labute approximate surface area is 254 Å². The summed E-state index contributed by atoms with van der Waals surface area (Å²) in [5.74, 6) is 0.887. The number of carbonyl (C=O) groups is 1. The Balaban J connectivity index is 1.26. The van der Waals surface area contributed by atoms with Crippen molar-refractivity contribution in [2.45, 2.75) is 70.3 Å². The Bertz CT molecular complexity index is 1230. The molecular formula is C38H49N3O. The van der Waals surface area contributed by atoms with E-state index in [9.17, 15) is 4.79 Å². The quantitative estimate of drug-likeness (QED) is 0.221. The number of rotatable bonds is 11. The maximum Gasteiger partial charge on any atom is 0.254 e. The smallest absolute Gasteiger partial charge is 0.254 e. The molecule has 1 aliphatic carbocycles. The van der Waals surface area contributed by atoms with Gasteiger partial charge in [-0.3, -0.25) is 9.69 Å². The predicted octanol–water partition coefficient (Wildman–Crippen LogP) is 8.12. The highest BCUT2D eigenvalue weighted by Crippen LogP contribution is 2.31. The number of anilines is 1.